The van der Waals surface area contributed by atoms with Crippen LogP contribution in [0.25, 0.3) is 10.9 Å². The van der Waals surface area contributed by atoms with Gasteiger partial charge >= 0.3 is 0 Å². The number of hydrogen-bond acceptors (Lipinski definition) is 2. The summed E-state index contributed by atoms with van der Waals surface area (Å²) < 4.78 is 0. The van der Waals surface area contributed by atoms with Crippen molar-refractivity contribution in [3.8, 4) is 0 Å². The molecule has 0 unspecified atom stereocenters. The predicted octanol–water partition coefficient (Wildman–Crippen LogP) is 3.93. The lowest BCUT2D eigenvalue weighted by atomic mass is 10.1. The Morgan fingerprint density at radius 2 is 1.90 bits per heavy atom. The molecule has 0 radical (unpaired) electrons. The van der Waals surface area contributed by atoms with E-state index in [9.17, 15) is 0 Å². The molecule has 0 aliphatic carbocycles. The highest BCUT2D eigenvalue weighted by Crippen LogP contribution is 2.23. The number of aliphatic hydroxyl groups is 1. The van der Waals surface area contributed by atoms with Crippen LogP contribution in [0.3, 0.4) is 0 Å². The molecule has 0 aliphatic heterocycles. The van der Waals surface area contributed by atoms with Crippen molar-refractivity contribution >= 4 is 28.2 Å². The molecule has 0 bridgehead atoms. The Morgan fingerprint density at radius 3 is 2.65 bits per heavy atom. The minimum Gasteiger partial charge on any atom is -0.392 e. The Bertz CT molecular complexity index is 719. The Balaban J connectivity index is 1.76. The van der Waals surface area contributed by atoms with Gasteiger partial charge in [-0.05, 0) is 35.4 Å². The van der Waals surface area contributed by atoms with Crippen LogP contribution in [0, 0.1) is 0 Å². The molecule has 3 nitrogen and oxygen atoms in total. The largest absolute Gasteiger partial charge is 0.392 e. The second-order valence-corrected chi connectivity index (χ2v) is 5.15. The molecule has 0 aliphatic rings. The second-order valence-electron chi connectivity index (χ2n) is 4.71. The first-order valence-corrected chi connectivity index (χ1v) is 6.83. The van der Waals surface area contributed by atoms with Crippen LogP contribution >= 0.6 is 11.6 Å². The number of fused-ring (bicyclic) bond motifs is 1. The number of aromatic amines is 1. The van der Waals surface area contributed by atoms with E-state index in [2.05, 4.69) is 10.3 Å². The summed E-state index contributed by atoms with van der Waals surface area (Å²) in [5.41, 5.74) is 4.19. The van der Waals surface area contributed by atoms with E-state index in [1.807, 2.05) is 48.7 Å². The fraction of sp³-hybridized carbons (Fsp3) is 0.125. The number of rotatable bonds is 4. The van der Waals surface area contributed by atoms with Gasteiger partial charge in [0.1, 0.15) is 0 Å². The summed E-state index contributed by atoms with van der Waals surface area (Å²) in [5, 5.41) is 14.3. The summed E-state index contributed by atoms with van der Waals surface area (Å²) in [6.07, 6.45) is 2.00. The molecule has 0 fully saturated rings. The molecule has 3 rings (SSSR count). The highest BCUT2D eigenvalue weighted by atomic mass is 35.5. The lowest BCUT2D eigenvalue weighted by Crippen LogP contribution is -1.98. The number of anilines is 1. The zero-order valence-electron chi connectivity index (χ0n) is 10.9. The van der Waals surface area contributed by atoms with Crippen molar-refractivity contribution in [3.05, 3.63) is 64.8 Å². The van der Waals surface area contributed by atoms with Crippen molar-refractivity contribution in [2.24, 2.45) is 0 Å². The number of benzene rings is 2. The van der Waals surface area contributed by atoms with Crippen molar-refractivity contribution in [1.29, 1.82) is 0 Å². The van der Waals surface area contributed by atoms with Gasteiger partial charge in [0.2, 0.25) is 0 Å². The van der Waals surface area contributed by atoms with E-state index < -0.39 is 0 Å². The van der Waals surface area contributed by atoms with Crippen LogP contribution in [-0.4, -0.2) is 10.1 Å². The van der Waals surface area contributed by atoms with Crippen molar-refractivity contribution in [3.63, 3.8) is 0 Å². The zero-order chi connectivity index (χ0) is 13.9. The third-order valence-electron chi connectivity index (χ3n) is 3.35. The minimum absolute atomic E-state index is 0.0729. The number of nitrogens with one attached hydrogen (secondary N) is 2. The summed E-state index contributed by atoms with van der Waals surface area (Å²) in [6, 6.07) is 13.6. The van der Waals surface area contributed by atoms with E-state index >= 15 is 0 Å². The van der Waals surface area contributed by atoms with Gasteiger partial charge in [0.25, 0.3) is 0 Å². The normalized spacial score (nSPS) is 10.9. The fourth-order valence-electron chi connectivity index (χ4n) is 2.23. The molecule has 0 saturated heterocycles. The summed E-state index contributed by atoms with van der Waals surface area (Å²) in [6.45, 7) is 0.809. The van der Waals surface area contributed by atoms with Crippen molar-refractivity contribution < 1.29 is 5.11 Å². The molecule has 0 amide bonds. The molecule has 0 atom stereocenters. The average molecular weight is 287 g/mol. The number of H-pyrrole nitrogens is 1. The standard InChI is InChI=1S/C16H15ClN2O/c17-13-3-6-15-12(9-19-16(15)7-13)8-18-14-4-1-11(10-20)2-5-14/h1-7,9,18-20H,8,10H2. The molecular formula is C16H15ClN2O. The number of halogens is 1. The molecule has 102 valence electrons. The first kappa shape index (κ1) is 13.0. The van der Waals surface area contributed by atoms with Gasteiger partial charge in [-0.1, -0.05) is 29.8 Å². The number of aromatic nitrogens is 1. The summed E-state index contributed by atoms with van der Waals surface area (Å²) >= 11 is 5.97. The van der Waals surface area contributed by atoms with Crippen LogP contribution in [0.1, 0.15) is 11.1 Å². The van der Waals surface area contributed by atoms with Gasteiger partial charge in [0.05, 0.1) is 6.61 Å². The minimum atomic E-state index is 0.0729. The Kier molecular flexibility index (Phi) is 3.63. The highest BCUT2D eigenvalue weighted by molar-refractivity contribution is 6.31. The maximum Gasteiger partial charge on any atom is 0.0681 e. The topological polar surface area (TPSA) is 48.0 Å². The Morgan fingerprint density at radius 1 is 1.10 bits per heavy atom. The van der Waals surface area contributed by atoms with E-state index in [0.717, 1.165) is 28.3 Å². The first-order valence-electron chi connectivity index (χ1n) is 6.45. The molecule has 0 saturated carbocycles. The van der Waals surface area contributed by atoms with Crippen molar-refractivity contribution in [2.75, 3.05) is 5.32 Å². The molecule has 20 heavy (non-hydrogen) atoms. The van der Waals surface area contributed by atoms with Gasteiger partial charge < -0.3 is 15.4 Å². The van der Waals surface area contributed by atoms with E-state index in [1.54, 1.807) is 0 Å². The maximum atomic E-state index is 9.01. The van der Waals surface area contributed by atoms with Crippen molar-refractivity contribution in [1.82, 2.24) is 4.98 Å². The van der Waals surface area contributed by atoms with Gasteiger partial charge in [-0.15, -0.1) is 0 Å². The molecule has 1 heterocycles. The van der Waals surface area contributed by atoms with Crippen LogP contribution in [0.2, 0.25) is 5.02 Å². The first-order chi connectivity index (χ1) is 9.76. The fourth-order valence-corrected chi connectivity index (χ4v) is 2.40. The van der Waals surface area contributed by atoms with Crippen LogP contribution in [0.15, 0.2) is 48.7 Å². The van der Waals surface area contributed by atoms with Crippen LogP contribution in [0.4, 0.5) is 5.69 Å². The van der Waals surface area contributed by atoms with Crippen LogP contribution in [0.5, 0.6) is 0 Å². The molecule has 0 spiro atoms. The Labute approximate surface area is 122 Å². The lowest BCUT2D eigenvalue weighted by Gasteiger charge is -2.06. The SMILES string of the molecule is OCc1ccc(NCc2c[nH]c3cc(Cl)ccc23)cc1. The van der Waals surface area contributed by atoms with Crippen LogP contribution < -0.4 is 5.32 Å². The molecule has 3 N–H and O–H groups in total. The lowest BCUT2D eigenvalue weighted by molar-refractivity contribution is 0.282. The van der Waals surface area contributed by atoms with E-state index in [0.29, 0.717) is 0 Å². The zero-order valence-corrected chi connectivity index (χ0v) is 11.6. The molecule has 2 aromatic carbocycles. The van der Waals surface area contributed by atoms with Gasteiger partial charge in [-0.25, -0.2) is 0 Å². The highest BCUT2D eigenvalue weighted by Gasteiger charge is 2.04. The van der Waals surface area contributed by atoms with Gasteiger partial charge in [0, 0.05) is 34.4 Å². The second kappa shape index (κ2) is 5.57. The third-order valence-corrected chi connectivity index (χ3v) is 3.58. The Hall–Kier alpha value is -1.97. The van der Waals surface area contributed by atoms with Gasteiger partial charge in [-0.3, -0.25) is 0 Å². The summed E-state index contributed by atoms with van der Waals surface area (Å²) in [7, 11) is 0. The van der Waals surface area contributed by atoms with Crippen molar-refractivity contribution in [2.45, 2.75) is 13.2 Å². The number of aliphatic hydroxyl groups excluding tert-OH is 1. The maximum absolute atomic E-state index is 9.01. The molecule has 1 aromatic heterocycles. The van der Waals surface area contributed by atoms with E-state index in [-0.39, 0.29) is 6.61 Å². The quantitative estimate of drug-likeness (QED) is 0.681. The van der Waals surface area contributed by atoms with E-state index in [1.165, 1.54) is 10.9 Å². The smallest absolute Gasteiger partial charge is 0.0681 e. The predicted molar refractivity (Wildman–Crippen MR) is 83.0 cm³/mol. The molecular weight excluding hydrogens is 272 g/mol. The van der Waals surface area contributed by atoms with E-state index in [4.69, 9.17) is 16.7 Å². The molecule has 3 aromatic rings. The van der Waals surface area contributed by atoms with Crippen LogP contribution in [-0.2, 0) is 13.2 Å². The van der Waals surface area contributed by atoms with Gasteiger partial charge in [-0.2, -0.15) is 0 Å². The molecule has 4 heteroatoms. The third kappa shape index (κ3) is 2.64. The average Bonchev–Trinajstić information content (AvgIpc) is 2.88. The number of hydrogen-bond donors (Lipinski definition) is 3. The van der Waals surface area contributed by atoms with Gasteiger partial charge in [0.15, 0.2) is 0 Å². The summed E-state index contributed by atoms with van der Waals surface area (Å²) in [4.78, 5) is 3.23. The summed E-state index contributed by atoms with van der Waals surface area (Å²) in [5.74, 6) is 0. The monoisotopic (exact) mass is 286 g/mol.